The van der Waals surface area contributed by atoms with Gasteiger partial charge in [0.05, 0.1) is 30.9 Å². The highest BCUT2D eigenvalue weighted by Gasteiger charge is 2.28. The van der Waals surface area contributed by atoms with Crippen LogP contribution in [-0.4, -0.2) is 58.3 Å². The summed E-state index contributed by atoms with van der Waals surface area (Å²) in [5, 5.41) is 6.80. The lowest BCUT2D eigenvalue weighted by molar-refractivity contribution is -0.144. The SMILES string of the molecule is CN(C)C(=O)N1CCCn2nc(CNC(=O)CCC(F)(F)F)cc2C1. The highest BCUT2D eigenvalue weighted by molar-refractivity contribution is 5.75. The summed E-state index contributed by atoms with van der Waals surface area (Å²) in [6, 6.07) is 1.68. The molecule has 0 fully saturated rings. The Kier molecular flexibility index (Phi) is 5.91. The van der Waals surface area contributed by atoms with E-state index in [1.807, 2.05) is 0 Å². The number of rotatable bonds is 4. The number of alkyl halides is 3. The molecule has 0 spiro atoms. The average Bonchev–Trinajstić information content (AvgIpc) is 2.80. The number of aromatic nitrogens is 2. The lowest BCUT2D eigenvalue weighted by Crippen LogP contribution is -2.38. The Labute approximate surface area is 143 Å². The number of nitrogens with one attached hydrogen (secondary N) is 1. The molecular formula is C15H22F3N5O2. The third-order valence-electron chi connectivity index (χ3n) is 3.82. The van der Waals surface area contributed by atoms with Crippen LogP contribution in [0.5, 0.6) is 0 Å². The Morgan fingerprint density at radius 1 is 1.32 bits per heavy atom. The van der Waals surface area contributed by atoms with Gasteiger partial charge in [0.25, 0.3) is 0 Å². The van der Waals surface area contributed by atoms with Crippen molar-refractivity contribution in [2.45, 2.75) is 45.1 Å². The van der Waals surface area contributed by atoms with E-state index in [4.69, 9.17) is 0 Å². The minimum atomic E-state index is -4.34. The zero-order valence-corrected chi connectivity index (χ0v) is 14.3. The number of carbonyl (C=O) groups is 2. The molecule has 7 nitrogen and oxygen atoms in total. The van der Waals surface area contributed by atoms with Crippen LogP contribution < -0.4 is 5.32 Å². The average molecular weight is 361 g/mol. The van der Waals surface area contributed by atoms with Crippen LogP contribution >= 0.6 is 0 Å². The van der Waals surface area contributed by atoms with E-state index in [0.29, 0.717) is 25.3 Å². The van der Waals surface area contributed by atoms with Crippen LogP contribution in [0.4, 0.5) is 18.0 Å². The van der Waals surface area contributed by atoms with Crippen LogP contribution in [0.2, 0.25) is 0 Å². The molecule has 140 valence electrons. The first-order valence-corrected chi connectivity index (χ1v) is 8.01. The fraction of sp³-hybridized carbons (Fsp3) is 0.667. The van der Waals surface area contributed by atoms with Crippen molar-refractivity contribution in [1.29, 1.82) is 0 Å². The second-order valence-corrected chi connectivity index (χ2v) is 6.19. The van der Waals surface area contributed by atoms with Crippen molar-refractivity contribution in [2.75, 3.05) is 20.6 Å². The van der Waals surface area contributed by atoms with Gasteiger partial charge in [-0.2, -0.15) is 18.3 Å². The number of carbonyl (C=O) groups excluding carboxylic acids is 2. The van der Waals surface area contributed by atoms with Gasteiger partial charge in [-0.25, -0.2) is 4.79 Å². The van der Waals surface area contributed by atoms with Crippen molar-refractivity contribution in [1.82, 2.24) is 24.9 Å². The normalized spacial score (nSPS) is 14.7. The summed E-state index contributed by atoms with van der Waals surface area (Å²) in [7, 11) is 3.37. The molecule has 1 N–H and O–H groups in total. The predicted molar refractivity (Wildman–Crippen MR) is 83.5 cm³/mol. The van der Waals surface area contributed by atoms with Gasteiger partial charge < -0.3 is 15.1 Å². The van der Waals surface area contributed by atoms with Gasteiger partial charge in [0.1, 0.15) is 0 Å². The van der Waals surface area contributed by atoms with E-state index >= 15 is 0 Å². The molecular weight excluding hydrogens is 339 g/mol. The molecule has 2 rings (SSSR count). The Balaban J connectivity index is 1.92. The molecule has 0 aliphatic carbocycles. The molecule has 10 heteroatoms. The number of hydrogen-bond donors (Lipinski definition) is 1. The molecule has 0 bridgehead atoms. The van der Waals surface area contributed by atoms with E-state index in [1.165, 1.54) is 4.90 Å². The standard InChI is InChI=1S/C15H22F3N5O2/c1-21(2)14(25)22-6-3-7-23-12(10-22)8-11(20-23)9-19-13(24)4-5-15(16,17)18/h8H,3-7,9-10H2,1-2H3,(H,19,24). The summed E-state index contributed by atoms with van der Waals surface area (Å²) >= 11 is 0. The molecule has 0 saturated heterocycles. The van der Waals surface area contributed by atoms with Crippen molar-refractivity contribution in [3.05, 3.63) is 17.5 Å². The van der Waals surface area contributed by atoms with Crippen molar-refractivity contribution >= 4 is 11.9 Å². The number of fused-ring (bicyclic) bond motifs is 1. The second-order valence-electron chi connectivity index (χ2n) is 6.19. The maximum Gasteiger partial charge on any atom is 0.389 e. The fourth-order valence-electron chi connectivity index (χ4n) is 2.59. The van der Waals surface area contributed by atoms with E-state index in [0.717, 1.165) is 12.1 Å². The maximum absolute atomic E-state index is 12.1. The lowest BCUT2D eigenvalue weighted by Gasteiger charge is -2.23. The van der Waals surface area contributed by atoms with Crippen LogP contribution in [0.25, 0.3) is 0 Å². The Bertz CT molecular complexity index is 627. The number of hydrogen-bond acceptors (Lipinski definition) is 3. The summed E-state index contributed by atoms with van der Waals surface area (Å²) in [5.74, 6) is -0.662. The molecule has 0 radical (unpaired) electrons. The first-order valence-electron chi connectivity index (χ1n) is 8.01. The molecule has 25 heavy (non-hydrogen) atoms. The first kappa shape index (κ1) is 19.1. The third-order valence-corrected chi connectivity index (χ3v) is 3.82. The molecule has 1 aromatic heterocycles. The van der Waals surface area contributed by atoms with E-state index in [-0.39, 0.29) is 12.6 Å². The van der Waals surface area contributed by atoms with Gasteiger partial charge in [-0.3, -0.25) is 9.48 Å². The van der Waals surface area contributed by atoms with Crippen molar-refractivity contribution in [3.63, 3.8) is 0 Å². The molecule has 0 unspecified atom stereocenters. The van der Waals surface area contributed by atoms with Gasteiger partial charge >= 0.3 is 12.2 Å². The number of urea groups is 1. The molecule has 0 saturated carbocycles. The van der Waals surface area contributed by atoms with Crippen LogP contribution in [0.15, 0.2) is 6.07 Å². The Hall–Kier alpha value is -2.26. The highest BCUT2D eigenvalue weighted by Crippen LogP contribution is 2.21. The zero-order valence-electron chi connectivity index (χ0n) is 14.3. The molecule has 0 atom stereocenters. The summed E-state index contributed by atoms with van der Waals surface area (Å²) in [6.45, 7) is 1.75. The van der Waals surface area contributed by atoms with E-state index in [1.54, 1.807) is 29.7 Å². The number of halogens is 3. The minimum Gasteiger partial charge on any atom is -0.350 e. The summed E-state index contributed by atoms with van der Waals surface area (Å²) in [6.07, 6.45) is -5.32. The topological polar surface area (TPSA) is 70.5 Å². The van der Waals surface area contributed by atoms with E-state index in [2.05, 4.69) is 10.4 Å². The van der Waals surface area contributed by atoms with Crippen LogP contribution in [-0.2, 0) is 24.4 Å². The van der Waals surface area contributed by atoms with Crippen molar-refractivity contribution in [2.24, 2.45) is 0 Å². The lowest BCUT2D eigenvalue weighted by atomic mass is 10.3. The van der Waals surface area contributed by atoms with Gasteiger partial charge in [0.15, 0.2) is 0 Å². The van der Waals surface area contributed by atoms with Gasteiger partial charge in [0.2, 0.25) is 5.91 Å². The maximum atomic E-state index is 12.1. The molecule has 1 aliphatic rings. The highest BCUT2D eigenvalue weighted by atomic mass is 19.4. The van der Waals surface area contributed by atoms with E-state index in [9.17, 15) is 22.8 Å². The zero-order chi connectivity index (χ0) is 18.6. The van der Waals surface area contributed by atoms with Crippen molar-refractivity contribution in [3.8, 4) is 0 Å². The number of aryl methyl sites for hydroxylation is 1. The third kappa shape index (κ3) is 5.64. The van der Waals surface area contributed by atoms with Crippen LogP contribution in [0.1, 0.15) is 30.7 Å². The monoisotopic (exact) mass is 361 g/mol. The second kappa shape index (κ2) is 7.75. The molecule has 1 aromatic rings. The molecule has 2 heterocycles. The van der Waals surface area contributed by atoms with Crippen LogP contribution in [0.3, 0.4) is 0 Å². The summed E-state index contributed by atoms with van der Waals surface area (Å²) < 4.78 is 38.1. The van der Waals surface area contributed by atoms with Gasteiger partial charge in [0, 0.05) is 33.6 Å². The van der Waals surface area contributed by atoms with Gasteiger partial charge in [-0.15, -0.1) is 0 Å². The van der Waals surface area contributed by atoms with Crippen LogP contribution in [0, 0.1) is 0 Å². The molecule has 1 aliphatic heterocycles. The predicted octanol–water partition coefficient (Wildman–Crippen LogP) is 1.73. The minimum absolute atomic E-state index is 0.0678. The van der Waals surface area contributed by atoms with Gasteiger partial charge in [-0.1, -0.05) is 0 Å². The molecule has 3 amide bonds. The Morgan fingerprint density at radius 3 is 2.68 bits per heavy atom. The van der Waals surface area contributed by atoms with E-state index < -0.39 is 24.9 Å². The number of nitrogens with zero attached hydrogens (tertiary/aromatic N) is 4. The Morgan fingerprint density at radius 2 is 2.04 bits per heavy atom. The van der Waals surface area contributed by atoms with Gasteiger partial charge in [-0.05, 0) is 12.5 Å². The van der Waals surface area contributed by atoms with Crippen molar-refractivity contribution < 1.29 is 22.8 Å². The molecule has 0 aromatic carbocycles. The summed E-state index contributed by atoms with van der Waals surface area (Å²) in [5.41, 5.74) is 1.40. The smallest absolute Gasteiger partial charge is 0.350 e. The first-order chi connectivity index (χ1) is 11.7. The largest absolute Gasteiger partial charge is 0.389 e. The number of amides is 3. The quantitative estimate of drug-likeness (QED) is 0.888. The summed E-state index contributed by atoms with van der Waals surface area (Å²) in [4.78, 5) is 26.8. The fourth-order valence-corrected chi connectivity index (χ4v) is 2.59.